The molecule has 0 aliphatic carbocycles. The molecule has 6 heteroatoms. The quantitative estimate of drug-likeness (QED) is 0.909. The standard InChI is InChI=1S/C12H14N2O2.2ClH/c1-14-7-8(6-10(13)12(15)16)9-4-2-3-5-11(9)14;;/h2-5,7,10H,6,13H2,1H3,(H,15,16);2*1H/t10-;;/m0../s1/i1D;;. The van der Waals surface area contributed by atoms with Gasteiger partial charge in [-0.15, -0.1) is 24.8 Å². The molecular formula is C12H16Cl2N2O2. The first-order valence-electron chi connectivity index (χ1n) is 5.68. The minimum atomic E-state index is -1.01. The van der Waals surface area contributed by atoms with Crippen LogP contribution < -0.4 is 5.73 Å². The van der Waals surface area contributed by atoms with E-state index in [1.54, 1.807) is 10.8 Å². The van der Waals surface area contributed by atoms with Gasteiger partial charge in [-0.05, 0) is 11.6 Å². The van der Waals surface area contributed by atoms with Crippen LogP contribution in [0.4, 0.5) is 0 Å². The van der Waals surface area contributed by atoms with Crippen molar-refractivity contribution in [2.45, 2.75) is 12.5 Å². The molecule has 0 saturated heterocycles. The van der Waals surface area contributed by atoms with Gasteiger partial charge in [-0.1, -0.05) is 18.2 Å². The number of benzene rings is 1. The molecule has 3 N–H and O–H groups in total. The second kappa shape index (κ2) is 6.64. The van der Waals surface area contributed by atoms with Crippen LogP contribution in [0.1, 0.15) is 6.93 Å². The lowest BCUT2D eigenvalue weighted by Gasteiger charge is -2.04. The number of nitrogens with two attached hydrogens (primary N) is 1. The zero-order valence-electron chi connectivity index (χ0n) is 10.6. The van der Waals surface area contributed by atoms with Crippen LogP contribution in [0.3, 0.4) is 0 Å². The zero-order valence-corrected chi connectivity index (χ0v) is 11.2. The average molecular weight is 292 g/mol. The first-order valence-corrected chi connectivity index (χ1v) is 4.98. The van der Waals surface area contributed by atoms with E-state index in [9.17, 15) is 4.79 Å². The highest BCUT2D eigenvalue weighted by Gasteiger charge is 2.15. The maximum atomic E-state index is 10.7. The maximum Gasteiger partial charge on any atom is 0.320 e. The molecule has 100 valence electrons. The van der Waals surface area contributed by atoms with E-state index in [0.717, 1.165) is 16.5 Å². The number of hydrogen-bond acceptors (Lipinski definition) is 2. The third kappa shape index (κ3) is 3.16. The molecule has 1 heterocycles. The Hall–Kier alpha value is -1.23. The highest BCUT2D eigenvalue weighted by molar-refractivity contribution is 5.86. The highest BCUT2D eigenvalue weighted by Crippen LogP contribution is 2.21. The second-order valence-corrected chi connectivity index (χ2v) is 3.79. The van der Waals surface area contributed by atoms with Crippen LogP contribution in [0, 0.1) is 0 Å². The zero-order chi connectivity index (χ0) is 12.4. The van der Waals surface area contributed by atoms with Crippen molar-refractivity contribution >= 4 is 41.7 Å². The van der Waals surface area contributed by atoms with Gasteiger partial charge in [0.25, 0.3) is 0 Å². The number of para-hydroxylation sites is 1. The smallest absolute Gasteiger partial charge is 0.320 e. The van der Waals surface area contributed by atoms with Gasteiger partial charge in [0.2, 0.25) is 0 Å². The summed E-state index contributed by atoms with van der Waals surface area (Å²) in [6.07, 6.45) is 2.09. The number of aromatic nitrogens is 1. The van der Waals surface area contributed by atoms with Crippen molar-refractivity contribution < 1.29 is 11.3 Å². The van der Waals surface area contributed by atoms with E-state index in [2.05, 4.69) is 0 Å². The molecule has 0 aliphatic rings. The summed E-state index contributed by atoms with van der Waals surface area (Å²) in [6, 6.07) is 6.73. The summed E-state index contributed by atoms with van der Waals surface area (Å²) in [5.41, 5.74) is 7.35. The van der Waals surface area contributed by atoms with Gasteiger partial charge in [-0.2, -0.15) is 0 Å². The van der Waals surface area contributed by atoms with Crippen LogP contribution >= 0.6 is 24.8 Å². The van der Waals surface area contributed by atoms with Crippen molar-refractivity contribution in [3.8, 4) is 0 Å². The molecule has 0 radical (unpaired) electrons. The Labute approximate surface area is 119 Å². The third-order valence-electron chi connectivity index (χ3n) is 2.63. The fourth-order valence-electron chi connectivity index (χ4n) is 1.81. The van der Waals surface area contributed by atoms with Gasteiger partial charge in [0.15, 0.2) is 0 Å². The highest BCUT2D eigenvalue weighted by atomic mass is 35.5. The Morgan fingerprint density at radius 2 is 2.17 bits per heavy atom. The largest absolute Gasteiger partial charge is 0.480 e. The predicted octanol–water partition coefficient (Wildman–Crippen LogP) is 1.98. The van der Waals surface area contributed by atoms with Crippen LogP contribution in [0.5, 0.6) is 0 Å². The monoisotopic (exact) mass is 291 g/mol. The van der Waals surface area contributed by atoms with Crippen molar-refractivity contribution in [2.24, 2.45) is 12.8 Å². The molecule has 0 amide bonds. The minimum Gasteiger partial charge on any atom is -0.480 e. The van der Waals surface area contributed by atoms with Crippen LogP contribution in [-0.2, 0) is 18.2 Å². The Balaban J connectivity index is 0.00000162. The summed E-state index contributed by atoms with van der Waals surface area (Å²) in [4.78, 5) is 10.7. The van der Waals surface area contributed by atoms with Gasteiger partial charge in [-0.3, -0.25) is 4.79 Å². The first kappa shape index (κ1) is 14.8. The number of carbonyl (C=O) groups is 1. The first-order chi connectivity index (χ1) is 8.13. The Kier molecular flexibility index (Phi) is 5.47. The number of fused-ring (bicyclic) bond motifs is 1. The molecule has 0 unspecified atom stereocenters. The number of carboxylic acid groups (broad SMARTS) is 1. The van der Waals surface area contributed by atoms with Crippen molar-refractivity contribution in [1.82, 2.24) is 4.57 Å². The number of carboxylic acids is 1. The topological polar surface area (TPSA) is 68.2 Å². The molecule has 4 nitrogen and oxygen atoms in total. The molecular weight excluding hydrogens is 275 g/mol. The van der Waals surface area contributed by atoms with Crippen molar-refractivity contribution in [1.29, 1.82) is 0 Å². The lowest BCUT2D eigenvalue weighted by Crippen LogP contribution is -2.32. The summed E-state index contributed by atoms with van der Waals surface area (Å²) >= 11 is 0. The molecule has 0 aliphatic heterocycles. The van der Waals surface area contributed by atoms with E-state index in [1.807, 2.05) is 24.3 Å². The van der Waals surface area contributed by atoms with E-state index >= 15 is 0 Å². The molecule has 0 bridgehead atoms. The molecule has 0 fully saturated rings. The fraction of sp³-hybridized carbons (Fsp3) is 0.250. The van der Waals surface area contributed by atoms with Gasteiger partial charge in [-0.25, -0.2) is 0 Å². The molecule has 1 aromatic heterocycles. The van der Waals surface area contributed by atoms with Gasteiger partial charge >= 0.3 is 5.97 Å². The Morgan fingerprint density at radius 1 is 1.50 bits per heavy atom. The Bertz CT molecular complexity index is 560. The van der Waals surface area contributed by atoms with E-state index in [-0.39, 0.29) is 38.3 Å². The molecule has 1 aromatic carbocycles. The fourth-order valence-corrected chi connectivity index (χ4v) is 1.81. The third-order valence-corrected chi connectivity index (χ3v) is 2.63. The van der Waals surface area contributed by atoms with Gasteiger partial charge < -0.3 is 15.4 Å². The molecule has 0 saturated carbocycles. The number of rotatable bonds is 3. The SMILES string of the molecule is Cl.Cl.[2H]Cn1cc(C[C@H](N)C(=O)O)c2ccccc21. The van der Waals surface area contributed by atoms with Crippen LogP contribution in [0.15, 0.2) is 30.5 Å². The molecule has 2 rings (SSSR count). The normalized spacial score (nSPS) is 12.2. The number of halogens is 2. The number of aliphatic carboxylic acids is 1. The molecule has 0 spiro atoms. The van der Waals surface area contributed by atoms with E-state index < -0.39 is 12.0 Å². The van der Waals surface area contributed by atoms with Crippen molar-refractivity contribution in [3.05, 3.63) is 36.0 Å². The summed E-state index contributed by atoms with van der Waals surface area (Å²) in [6.45, 7) is 0. The predicted molar refractivity (Wildman–Crippen MR) is 76.7 cm³/mol. The second-order valence-electron chi connectivity index (χ2n) is 3.79. The molecule has 1 atom stereocenters. The minimum absolute atomic E-state index is 0. The van der Waals surface area contributed by atoms with E-state index in [1.165, 1.54) is 0 Å². The summed E-state index contributed by atoms with van der Waals surface area (Å²) in [5, 5.41) is 9.78. The van der Waals surface area contributed by atoms with Gasteiger partial charge in [0, 0.05) is 31.9 Å². The van der Waals surface area contributed by atoms with Crippen LogP contribution in [0.25, 0.3) is 10.9 Å². The number of aryl methyl sites for hydroxylation is 1. The average Bonchev–Trinajstić information content (AvgIpc) is 2.68. The van der Waals surface area contributed by atoms with Gasteiger partial charge in [0.05, 0.1) is 0 Å². The lowest BCUT2D eigenvalue weighted by atomic mass is 10.1. The number of hydrogen-bond donors (Lipinski definition) is 2. The summed E-state index contributed by atoms with van der Waals surface area (Å²) in [7, 11) is 0.114. The lowest BCUT2D eigenvalue weighted by molar-refractivity contribution is -0.138. The van der Waals surface area contributed by atoms with E-state index in [4.69, 9.17) is 12.2 Å². The van der Waals surface area contributed by atoms with Crippen molar-refractivity contribution in [3.63, 3.8) is 0 Å². The maximum absolute atomic E-state index is 10.7. The van der Waals surface area contributed by atoms with Gasteiger partial charge in [0.1, 0.15) is 6.04 Å². The van der Waals surface area contributed by atoms with Crippen LogP contribution in [0.2, 0.25) is 0 Å². The van der Waals surface area contributed by atoms with E-state index in [0.29, 0.717) is 0 Å². The van der Waals surface area contributed by atoms with Crippen molar-refractivity contribution in [2.75, 3.05) is 0 Å². The molecule has 18 heavy (non-hydrogen) atoms. The number of nitrogens with zero attached hydrogens (tertiary/aromatic N) is 1. The van der Waals surface area contributed by atoms with Crippen LogP contribution in [-0.4, -0.2) is 21.7 Å². The summed E-state index contributed by atoms with van der Waals surface area (Å²) < 4.78 is 9.20. The molecule has 2 aromatic rings. The summed E-state index contributed by atoms with van der Waals surface area (Å²) in [5.74, 6) is -1.01. The Morgan fingerprint density at radius 3 is 2.78 bits per heavy atom.